The average Bonchev–Trinajstić information content (AvgIpc) is 3.46. The largest absolute Gasteiger partial charge is 0.417 e. The van der Waals surface area contributed by atoms with Crippen LogP contribution in [0.1, 0.15) is 102 Å². The van der Waals surface area contributed by atoms with Gasteiger partial charge in [-0.25, -0.2) is 0 Å². The summed E-state index contributed by atoms with van der Waals surface area (Å²) in [5, 5.41) is 6.06. The van der Waals surface area contributed by atoms with Crippen molar-refractivity contribution in [1.29, 1.82) is 0 Å². The number of nitrogens with one attached hydrogen (secondary N) is 2. The third-order valence-electron chi connectivity index (χ3n) is 9.61. The molecule has 46 heavy (non-hydrogen) atoms. The Morgan fingerprint density at radius 2 is 1.76 bits per heavy atom. The summed E-state index contributed by atoms with van der Waals surface area (Å²) in [6, 6.07) is 3.80. The number of para-hydroxylation sites is 1. The fraction of sp³-hybridized carbons (Fsp3) is 0.600. The summed E-state index contributed by atoms with van der Waals surface area (Å²) in [7, 11) is 1.46. The number of hydrogen-bond donors (Lipinski definition) is 2. The Bertz CT molecular complexity index is 1450. The van der Waals surface area contributed by atoms with E-state index in [2.05, 4.69) is 10.6 Å². The summed E-state index contributed by atoms with van der Waals surface area (Å²) < 4.78 is 1.42. The molecule has 2 aliphatic rings. The number of carbonyl (C=O) groups excluding carboxylic acids is 6. The van der Waals surface area contributed by atoms with E-state index < -0.39 is 41.6 Å². The van der Waals surface area contributed by atoms with Crippen LogP contribution in [0.25, 0.3) is 10.9 Å². The highest BCUT2D eigenvalue weighted by Crippen LogP contribution is 2.27. The maximum absolute atomic E-state index is 14.2. The lowest BCUT2D eigenvalue weighted by Crippen LogP contribution is -2.62. The third kappa shape index (κ3) is 7.85. The van der Waals surface area contributed by atoms with Crippen LogP contribution in [0.3, 0.4) is 0 Å². The van der Waals surface area contributed by atoms with Crippen molar-refractivity contribution in [2.75, 3.05) is 13.7 Å². The number of hydrogen-bond acceptors (Lipinski definition) is 7. The summed E-state index contributed by atoms with van der Waals surface area (Å²) in [4.78, 5) is 88.8. The van der Waals surface area contributed by atoms with Gasteiger partial charge in [-0.15, -0.1) is 0 Å². The van der Waals surface area contributed by atoms with Gasteiger partial charge in [0.25, 0.3) is 5.91 Å². The van der Waals surface area contributed by atoms with Gasteiger partial charge in [0.05, 0.1) is 17.8 Å². The van der Waals surface area contributed by atoms with E-state index in [4.69, 9.17) is 4.84 Å². The van der Waals surface area contributed by atoms with Gasteiger partial charge in [0.15, 0.2) is 17.6 Å². The molecule has 2 saturated heterocycles. The number of carbonyl (C=O) groups is 6. The van der Waals surface area contributed by atoms with Crippen molar-refractivity contribution >= 4 is 46.0 Å². The van der Waals surface area contributed by atoms with Crippen LogP contribution in [0, 0.1) is 11.8 Å². The van der Waals surface area contributed by atoms with Crippen molar-refractivity contribution in [2.24, 2.45) is 11.8 Å². The zero-order chi connectivity index (χ0) is 33.4. The van der Waals surface area contributed by atoms with Crippen molar-refractivity contribution < 1.29 is 33.6 Å². The molecule has 2 aliphatic heterocycles. The predicted octanol–water partition coefficient (Wildman–Crippen LogP) is 3.80. The van der Waals surface area contributed by atoms with Gasteiger partial charge in [0.1, 0.15) is 18.9 Å². The Morgan fingerprint density at radius 3 is 2.48 bits per heavy atom. The van der Waals surface area contributed by atoms with Gasteiger partial charge >= 0.3 is 0 Å². The first-order valence-corrected chi connectivity index (χ1v) is 16.8. The number of rotatable bonds is 12. The predicted molar refractivity (Wildman–Crippen MR) is 173 cm³/mol. The van der Waals surface area contributed by atoms with E-state index in [9.17, 15) is 28.8 Å². The van der Waals surface area contributed by atoms with Crippen molar-refractivity contribution in [3.8, 4) is 0 Å². The highest BCUT2D eigenvalue weighted by atomic mass is 16.6. The van der Waals surface area contributed by atoms with Gasteiger partial charge in [-0.2, -0.15) is 4.73 Å². The molecule has 0 aliphatic carbocycles. The second-order valence-electron chi connectivity index (χ2n) is 12.6. The van der Waals surface area contributed by atoms with E-state index in [1.54, 1.807) is 29.2 Å². The molecular weight excluding hydrogens is 588 g/mol. The van der Waals surface area contributed by atoms with E-state index in [0.717, 1.165) is 12.8 Å². The summed E-state index contributed by atoms with van der Waals surface area (Å²) >= 11 is 0. The van der Waals surface area contributed by atoms with E-state index in [-0.39, 0.29) is 35.4 Å². The fourth-order valence-corrected chi connectivity index (χ4v) is 6.56. The molecule has 250 valence electrons. The molecule has 1 aromatic carbocycles. The molecular formula is C35H48N4O7. The lowest BCUT2D eigenvalue weighted by Gasteiger charge is -2.39. The maximum atomic E-state index is 14.2. The molecule has 4 rings (SSSR count). The molecule has 2 N–H and O–H groups in total. The van der Waals surface area contributed by atoms with Crippen LogP contribution in [0.15, 0.2) is 30.5 Å². The van der Waals surface area contributed by atoms with Gasteiger partial charge in [0, 0.05) is 42.7 Å². The maximum Gasteiger partial charge on any atom is 0.251 e. The number of Topliss-reactive ketones (excluding diaryl/α,β-unsaturated/α-hetero) is 3. The molecule has 11 nitrogen and oxygen atoms in total. The van der Waals surface area contributed by atoms with Crippen LogP contribution in [0.5, 0.6) is 0 Å². The monoisotopic (exact) mass is 636 g/mol. The minimum Gasteiger partial charge on any atom is -0.417 e. The van der Waals surface area contributed by atoms with E-state index >= 15 is 0 Å². The number of amides is 3. The first kappa shape index (κ1) is 34.8. The highest BCUT2D eigenvalue weighted by molar-refractivity contribution is 6.20. The van der Waals surface area contributed by atoms with Gasteiger partial charge in [-0.1, -0.05) is 58.2 Å². The summed E-state index contributed by atoms with van der Waals surface area (Å²) in [6.07, 6.45) is 7.25. The van der Waals surface area contributed by atoms with Crippen molar-refractivity contribution in [3.63, 3.8) is 0 Å². The molecule has 3 amide bonds. The zero-order valence-electron chi connectivity index (χ0n) is 27.5. The van der Waals surface area contributed by atoms with Gasteiger partial charge in [0.2, 0.25) is 11.8 Å². The molecule has 3 heterocycles. The number of ketones is 3. The number of aromatic nitrogens is 1. The molecule has 0 spiro atoms. The van der Waals surface area contributed by atoms with E-state index in [1.807, 2.05) is 20.8 Å². The lowest BCUT2D eigenvalue weighted by atomic mass is 9.87. The minimum absolute atomic E-state index is 0.103. The fourth-order valence-electron chi connectivity index (χ4n) is 6.56. The number of nitrogens with zero attached hydrogens (tertiary/aromatic N) is 2. The second-order valence-corrected chi connectivity index (χ2v) is 12.6. The lowest BCUT2D eigenvalue weighted by molar-refractivity contribution is -0.147. The average molecular weight is 637 g/mol. The van der Waals surface area contributed by atoms with Crippen molar-refractivity contribution in [1.82, 2.24) is 20.3 Å². The van der Waals surface area contributed by atoms with Crippen LogP contribution in [0.4, 0.5) is 0 Å². The van der Waals surface area contributed by atoms with Crippen LogP contribution in [-0.4, -0.2) is 76.5 Å². The Morgan fingerprint density at radius 1 is 1.00 bits per heavy atom. The molecule has 5 atom stereocenters. The standard InChI is InChI=1S/C35H48N4O7/c1-5-22(3)30-35(45)38-19-13-12-18-28(38)29(41)20-23(14-8-7-9-15-24(40)6-2)33(43)37-31(34(44)36-30)32(42)26-21-39(46-4)27-17-11-10-16-25(26)27/h10-11,16-17,21-23,28,30-31H,5-9,12-15,18-20H2,1-4H3,(H,36,44)(H,37,43)/t22?,23-,28-,30+,31+/m1/s1. The van der Waals surface area contributed by atoms with E-state index in [1.165, 1.54) is 18.0 Å². The highest BCUT2D eigenvalue weighted by Gasteiger charge is 2.42. The van der Waals surface area contributed by atoms with Crippen molar-refractivity contribution in [3.05, 3.63) is 36.0 Å². The first-order valence-electron chi connectivity index (χ1n) is 16.8. The number of fused-ring (bicyclic) bond motifs is 2. The summed E-state index contributed by atoms with van der Waals surface area (Å²) in [5.41, 5.74) is 0.794. The first-order chi connectivity index (χ1) is 22.1. The van der Waals surface area contributed by atoms with Crippen LogP contribution >= 0.6 is 0 Å². The number of unbranched alkanes of at least 4 members (excludes halogenated alkanes) is 2. The molecule has 1 unspecified atom stereocenters. The summed E-state index contributed by atoms with van der Waals surface area (Å²) in [6.45, 7) is 5.97. The Kier molecular flexibility index (Phi) is 12.1. The SMILES string of the molecule is CCC(=O)CCCCC[C@@H]1CC(=O)[C@H]2CCCCN2C(=O)[C@H](C(C)CC)NC(=O)[C@H](C(=O)c2cn(OC)c3ccccc23)NC1=O. The Hall–Kier alpha value is -4.02. The molecule has 2 aromatic rings. The molecule has 0 radical (unpaired) electrons. The molecule has 11 heteroatoms. The number of piperidine rings is 1. The van der Waals surface area contributed by atoms with Gasteiger partial charge < -0.3 is 20.4 Å². The normalized spacial score (nSPS) is 23.5. The molecule has 0 saturated carbocycles. The van der Waals surface area contributed by atoms with E-state index in [0.29, 0.717) is 68.8 Å². The summed E-state index contributed by atoms with van der Waals surface area (Å²) in [5.74, 6) is -3.42. The smallest absolute Gasteiger partial charge is 0.251 e. The second kappa shape index (κ2) is 16.0. The van der Waals surface area contributed by atoms with Crippen LogP contribution in [0.2, 0.25) is 0 Å². The zero-order valence-corrected chi connectivity index (χ0v) is 27.5. The van der Waals surface area contributed by atoms with Crippen LogP contribution < -0.4 is 15.5 Å². The quantitative estimate of drug-likeness (QED) is 0.205. The Labute approximate surface area is 270 Å². The van der Waals surface area contributed by atoms with Crippen molar-refractivity contribution in [2.45, 2.75) is 110 Å². The van der Waals surface area contributed by atoms with Crippen LogP contribution in [-0.2, 0) is 24.0 Å². The molecule has 0 bridgehead atoms. The number of benzene rings is 1. The Balaban J connectivity index is 1.71. The molecule has 1 aromatic heterocycles. The van der Waals surface area contributed by atoms with Gasteiger partial charge in [-0.05, 0) is 44.1 Å². The molecule has 2 fully saturated rings. The van der Waals surface area contributed by atoms with Gasteiger partial charge in [-0.3, -0.25) is 28.8 Å². The minimum atomic E-state index is -1.64. The topological polar surface area (TPSA) is 144 Å². The third-order valence-corrected chi connectivity index (χ3v) is 9.61.